The molecule has 152 valence electrons. The van der Waals surface area contributed by atoms with Crippen LogP contribution in [0.3, 0.4) is 0 Å². The number of carbonyl (C=O) groups excluding carboxylic acids is 1. The van der Waals surface area contributed by atoms with E-state index < -0.39 is 11.7 Å². The second kappa shape index (κ2) is 9.68. The van der Waals surface area contributed by atoms with Gasteiger partial charge in [0.05, 0.1) is 11.3 Å². The summed E-state index contributed by atoms with van der Waals surface area (Å²) >= 11 is 0. The van der Waals surface area contributed by atoms with Gasteiger partial charge in [-0.3, -0.25) is 4.79 Å². The van der Waals surface area contributed by atoms with E-state index >= 15 is 0 Å². The van der Waals surface area contributed by atoms with Gasteiger partial charge in [0.15, 0.2) is 6.29 Å². The maximum Gasteiger partial charge on any atom is 0.416 e. The third-order valence-corrected chi connectivity index (χ3v) is 4.03. The topological polar surface area (TPSA) is 60.2 Å². The Morgan fingerprint density at radius 2 is 1.90 bits per heavy atom. The van der Waals surface area contributed by atoms with Gasteiger partial charge < -0.3 is 9.68 Å². The van der Waals surface area contributed by atoms with Gasteiger partial charge in [-0.25, -0.2) is 0 Å². The van der Waals surface area contributed by atoms with E-state index in [4.69, 9.17) is 4.84 Å². The van der Waals surface area contributed by atoms with Crippen LogP contribution in [0, 0.1) is 0 Å². The first-order valence-electron chi connectivity index (χ1n) is 8.47. The molecule has 0 saturated carbocycles. The Morgan fingerprint density at radius 3 is 2.52 bits per heavy atom. The Bertz CT molecular complexity index is 950. The van der Waals surface area contributed by atoms with Gasteiger partial charge >= 0.3 is 6.18 Å². The van der Waals surface area contributed by atoms with E-state index in [1.165, 1.54) is 19.2 Å². The fourth-order valence-corrected chi connectivity index (χ4v) is 2.60. The lowest BCUT2D eigenvalue weighted by Crippen LogP contribution is -2.10. The number of alkyl halides is 3. The highest BCUT2D eigenvalue weighted by atomic mass is 19.4. The Labute approximate surface area is 166 Å². The van der Waals surface area contributed by atoms with Crippen LogP contribution in [0.15, 0.2) is 59.4 Å². The van der Waals surface area contributed by atoms with Gasteiger partial charge in [-0.1, -0.05) is 53.3 Å². The SMILES string of the molecule is C=Cc1cccc(/C(C=O)=N\OC)c1CO/N=C(\C)c1cccc(C(F)(F)F)c1. The molecule has 2 rings (SSSR count). The summed E-state index contributed by atoms with van der Waals surface area (Å²) < 4.78 is 38.6. The van der Waals surface area contributed by atoms with E-state index in [0.717, 1.165) is 12.1 Å². The molecular weight excluding hydrogens is 385 g/mol. The van der Waals surface area contributed by atoms with Crippen LogP contribution in [0.2, 0.25) is 0 Å². The molecule has 0 aliphatic carbocycles. The number of carbonyl (C=O) groups is 1. The van der Waals surface area contributed by atoms with Crippen molar-refractivity contribution in [3.8, 4) is 0 Å². The molecule has 2 aromatic rings. The first-order valence-corrected chi connectivity index (χ1v) is 8.47. The predicted octanol–water partition coefficient (Wildman–Crippen LogP) is 4.84. The molecule has 0 bridgehead atoms. The van der Waals surface area contributed by atoms with E-state index in [2.05, 4.69) is 21.7 Å². The Balaban J connectivity index is 2.29. The van der Waals surface area contributed by atoms with Gasteiger partial charge in [0.25, 0.3) is 0 Å². The molecule has 8 heteroatoms. The third kappa shape index (κ3) is 5.54. The van der Waals surface area contributed by atoms with Crippen molar-refractivity contribution in [3.05, 3.63) is 76.9 Å². The van der Waals surface area contributed by atoms with Crippen LogP contribution in [-0.2, 0) is 27.3 Å². The van der Waals surface area contributed by atoms with Crippen molar-refractivity contribution in [2.75, 3.05) is 7.11 Å². The number of hydrogen-bond acceptors (Lipinski definition) is 5. The summed E-state index contributed by atoms with van der Waals surface area (Å²) in [4.78, 5) is 21.4. The lowest BCUT2D eigenvalue weighted by molar-refractivity contribution is -0.137. The summed E-state index contributed by atoms with van der Waals surface area (Å²) in [6.45, 7) is 5.22. The predicted molar refractivity (Wildman–Crippen MR) is 105 cm³/mol. The van der Waals surface area contributed by atoms with E-state index in [0.29, 0.717) is 23.0 Å². The molecule has 0 fully saturated rings. The molecule has 0 aromatic heterocycles. The normalized spacial score (nSPS) is 12.4. The Hall–Kier alpha value is -3.42. The molecular formula is C21H19F3N2O3. The van der Waals surface area contributed by atoms with Crippen molar-refractivity contribution in [1.29, 1.82) is 0 Å². The fourth-order valence-electron chi connectivity index (χ4n) is 2.60. The second-order valence-electron chi connectivity index (χ2n) is 5.88. The van der Waals surface area contributed by atoms with Gasteiger partial charge in [-0.2, -0.15) is 13.2 Å². The van der Waals surface area contributed by atoms with Gasteiger partial charge in [0.2, 0.25) is 0 Å². The van der Waals surface area contributed by atoms with E-state index in [9.17, 15) is 18.0 Å². The van der Waals surface area contributed by atoms with Crippen molar-refractivity contribution in [3.63, 3.8) is 0 Å². The van der Waals surface area contributed by atoms with Crippen molar-refractivity contribution in [2.24, 2.45) is 10.3 Å². The Morgan fingerprint density at radius 1 is 1.17 bits per heavy atom. The highest BCUT2D eigenvalue weighted by Gasteiger charge is 2.30. The zero-order valence-electron chi connectivity index (χ0n) is 15.9. The zero-order valence-corrected chi connectivity index (χ0v) is 15.9. The molecule has 0 N–H and O–H groups in total. The highest BCUT2D eigenvalue weighted by Crippen LogP contribution is 2.29. The standard InChI is InChI=1S/C21H19F3N2O3/c1-4-15-7-6-10-18(20(12-27)26-28-3)19(15)13-29-25-14(2)16-8-5-9-17(11-16)21(22,23)24/h4-12H,1,13H2,2-3H3/b25-14+,26-20-. The second-order valence-corrected chi connectivity index (χ2v) is 5.88. The van der Waals surface area contributed by atoms with Crippen LogP contribution in [0.5, 0.6) is 0 Å². The van der Waals surface area contributed by atoms with Gasteiger partial charge in [-0.15, -0.1) is 0 Å². The average Bonchev–Trinajstić information content (AvgIpc) is 2.71. The van der Waals surface area contributed by atoms with E-state index in [-0.39, 0.29) is 23.6 Å². The molecule has 29 heavy (non-hydrogen) atoms. The largest absolute Gasteiger partial charge is 0.416 e. The van der Waals surface area contributed by atoms with Crippen molar-refractivity contribution >= 4 is 23.8 Å². The number of oxime groups is 2. The molecule has 0 amide bonds. The molecule has 0 saturated heterocycles. The maximum atomic E-state index is 12.9. The Kier molecular flexibility index (Phi) is 7.30. The highest BCUT2D eigenvalue weighted by molar-refractivity contribution is 6.36. The monoisotopic (exact) mass is 404 g/mol. The fraction of sp³-hybridized carbons (Fsp3) is 0.190. The van der Waals surface area contributed by atoms with Crippen LogP contribution in [0.4, 0.5) is 13.2 Å². The zero-order chi connectivity index (χ0) is 21.4. The first kappa shape index (κ1) is 21.9. The van der Waals surface area contributed by atoms with Crippen LogP contribution in [-0.4, -0.2) is 24.8 Å². The van der Waals surface area contributed by atoms with E-state index in [1.807, 2.05) is 0 Å². The summed E-state index contributed by atoms with van der Waals surface area (Å²) in [5.74, 6) is 0. The first-order chi connectivity index (χ1) is 13.8. The lowest BCUT2D eigenvalue weighted by atomic mass is 9.98. The molecule has 0 atom stereocenters. The quantitative estimate of drug-likeness (QED) is 0.359. The number of aldehydes is 1. The minimum Gasteiger partial charge on any atom is -0.399 e. The number of halogens is 3. The molecule has 0 spiro atoms. The molecule has 0 unspecified atom stereocenters. The van der Waals surface area contributed by atoms with Gasteiger partial charge in [-0.05, 0) is 30.2 Å². The number of rotatable bonds is 8. The van der Waals surface area contributed by atoms with Gasteiger partial charge in [0.1, 0.15) is 19.4 Å². The molecule has 0 aliphatic rings. The smallest absolute Gasteiger partial charge is 0.399 e. The van der Waals surface area contributed by atoms with Crippen molar-refractivity contribution in [1.82, 2.24) is 0 Å². The van der Waals surface area contributed by atoms with Crippen molar-refractivity contribution < 1.29 is 27.6 Å². The summed E-state index contributed by atoms with van der Waals surface area (Å²) in [5.41, 5.74) is 1.61. The molecule has 2 aromatic carbocycles. The summed E-state index contributed by atoms with van der Waals surface area (Å²) in [7, 11) is 1.32. The van der Waals surface area contributed by atoms with Crippen LogP contribution in [0.25, 0.3) is 6.08 Å². The van der Waals surface area contributed by atoms with Crippen molar-refractivity contribution in [2.45, 2.75) is 19.7 Å². The summed E-state index contributed by atoms with van der Waals surface area (Å²) in [6, 6.07) is 9.97. The summed E-state index contributed by atoms with van der Waals surface area (Å²) in [6.07, 6.45) is -2.31. The van der Waals surface area contributed by atoms with Crippen LogP contribution in [0.1, 0.15) is 34.7 Å². The van der Waals surface area contributed by atoms with Crippen LogP contribution >= 0.6 is 0 Å². The molecule has 0 heterocycles. The molecule has 0 aliphatic heterocycles. The third-order valence-electron chi connectivity index (χ3n) is 4.03. The number of benzene rings is 2. The lowest BCUT2D eigenvalue weighted by Gasteiger charge is -2.12. The van der Waals surface area contributed by atoms with Gasteiger partial charge in [0, 0.05) is 11.1 Å². The molecule has 5 nitrogen and oxygen atoms in total. The number of hydrogen-bond donors (Lipinski definition) is 0. The van der Waals surface area contributed by atoms with Crippen LogP contribution < -0.4 is 0 Å². The number of nitrogens with zero attached hydrogens (tertiary/aromatic N) is 2. The molecule has 0 radical (unpaired) electrons. The van der Waals surface area contributed by atoms with E-state index in [1.54, 1.807) is 31.2 Å². The maximum absolute atomic E-state index is 12.9. The minimum atomic E-state index is -4.44. The minimum absolute atomic E-state index is 0.0512. The summed E-state index contributed by atoms with van der Waals surface area (Å²) in [5, 5.41) is 7.60. The average molecular weight is 404 g/mol.